The van der Waals surface area contributed by atoms with Crippen LogP contribution in [0.2, 0.25) is 0 Å². The van der Waals surface area contributed by atoms with Gasteiger partial charge in [0.25, 0.3) is 0 Å². The number of hydrogen-bond acceptors (Lipinski definition) is 5. The van der Waals surface area contributed by atoms with Gasteiger partial charge in [-0.05, 0) is 56.5 Å². The molecule has 1 saturated carbocycles. The van der Waals surface area contributed by atoms with Crippen LogP contribution in [0.5, 0.6) is 0 Å². The standard InChI is InChI=1S/C25H38N4O4S/c1-19(30)29-23-12-11-22(34(32,33)28-14-7-4-8-15-28)17-20(23)18-24(29)25(31)26-13-16-27(2)21-9-5-3-6-10-21/h11-12,17,21,24H,3-10,13-16,18H2,1-2H3,(H,26,31)/t24-/m1/s1. The summed E-state index contributed by atoms with van der Waals surface area (Å²) in [6.45, 7) is 3.83. The van der Waals surface area contributed by atoms with Crippen LogP contribution in [0.3, 0.4) is 0 Å². The molecule has 3 aliphatic rings. The van der Waals surface area contributed by atoms with Crippen molar-refractivity contribution in [3.63, 3.8) is 0 Å². The van der Waals surface area contributed by atoms with Crippen molar-refractivity contribution in [2.24, 2.45) is 0 Å². The van der Waals surface area contributed by atoms with Crippen molar-refractivity contribution in [3.8, 4) is 0 Å². The molecule has 2 fully saturated rings. The van der Waals surface area contributed by atoms with Crippen molar-refractivity contribution in [1.82, 2.24) is 14.5 Å². The Kier molecular flexibility index (Phi) is 7.94. The van der Waals surface area contributed by atoms with E-state index in [1.54, 1.807) is 22.5 Å². The van der Waals surface area contributed by atoms with Crippen molar-refractivity contribution in [2.75, 3.05) is 38.1 Å². The summed E-state index contributed by atoms with van der Waals surface area (Å²) in [7, 11) is -1.46. The van der Waals surface area contributed by atoms with Gasteiger partial charge in [0.15, 0.2) is 0 Å². The largest absolute Gasteiger partial charge is 0.353 e. The van der Waals surface area contributed by atoms with Crippen LogP contribution in [-0.2, 0) is 26.0 Å². The highest BCUT2D eigenvalue weighted by molar-refractivity contribution is 7.89. The first-order valence-corrected chi connectivity index (χ1v) is 14.1. The number of fused-ring (bicyclic) bond motifs is 1. The van der Waals surface area contributed by atoms with E-state index in [0.717, 1.165) is 31.4 Å². The zero-order valence-electron chi connectivity index (χ0n) is 20.5. The van der Waals surface area contributed by atoms with Gasteiger partial charge in [-0.3, -0.25) is 14.5 Å². The maximum Gasteiger partial charge on any atom is 0.243 e. The van der Waals surface area contributed by atoms with Gasteiger partial charge in [0.05, 0.1) is 4.90 Å². The predicted molar refractivity (Wildman–Crippen MR) is 132 cm³/mol. The normalized spacial score (nSPS) is 22.1. The Morgan fingerprint density at radius 2 is 1.74 bits per heavy atom. The molecule has 1 saturated heterocycles. The van der Waals surface area contributed by atoms with E-state index in [1.807, 2.05) is 0 Å². The van der Waals surface area contributed by atoms with Gasteiger partial charge in [-0.2, -0.15) is 4.31 Å². The number of amides is 2. The lowest BCUT2D eigenvalue weighted by molar-refractivity contribution is -0.125. The third kappa shape index (κ3) is 5.31. The van der Waals surface area contributed by atoms with E-state index in [-0.39, 0.29) is 16.7 Å². The van der Waals surface area contributed by atoms with Crippen LogP contribution in [0, 0.1) is 0 Å². The number of piperidine rings is 1. The molecule has 1 aliphatic carbocycles. The molecule has 1 aromatic carbocycles. The zero-order chi connectivity index (χ0) is 24.3. The highest BCUT2D eigenvalue weighted by atomic mass is 32.2. The van der Waals surface area contributed by atoms with Crippen LogP contribution < -0.4 is 10.2 Å². The summed E-state index contributed by atoms with van der Waals surface area (Å²) in [6, 6.07) is 4.82. The minimum absolute atomic E-state index is 0.191. The van der Waals surface area contributed by atoms with Gasteiger partial charge in [-0.25, -0.2) is 8.42 Å². The average Bonchev–Trinajstić information content (AvgIpc) is 3.24. The Morgan fingerprint density at radius 3 is 2.41 bits per heavy atom. The van der Waals surface area contributed by atoms with E-state index in [2.05, 4.69) is 17.3 Å². The van der Waals surface area contributed by atoms with E-state index in [1.165, 1.54) is 43.9 Å². The van der Waals surface area contributed by atoms with Crippen molar-refractivity contribution in [2.45, 2.75) is 81.7 Å². The number of carbonyl (C=O) groups is 2. The fourth-order valence-electron chi connectivity index (χ4n) is 5.62. The van der Waals surface area contributed by atoms with Crippen LogP contribution in [0.4, 0.5) is 5.69 Å². The molecule has 2 heterocycles. The third-order valence-electron chi connectivity index (χ3n) is 7.59. The fraction of sp³-hybridized carbons (Fsp3) is 0.680. The van der Waals surface area contributed by atoms with E-state index in [4.69, 9.17) is 0 Å². The Hall–Kier alpha value is -1.97. The Bertz CT molecular complexity index is 1000. The van der Waals surface area contributed by atoms with E-state index in [9.17, 15) is 18.0 Å². The molecule has 1 atom stereocenters. The quantitative estimate of drug-likeness (QED) is 0.634. The predicted octanol–water partition coefficient (Wildman–Crippen LogP) is 2.52. The second kappa shape index (κ2) is 10.7. The first-order chi connectivity index (χ1) is 16.3. The van der Waals surface area contributed by atoms with Gasteiger partial charge in [0.2, 0.25) is 21.8 Å². The number of sulfonamides is 1. The van der Waals surface area contributed by atoms with Crippen LogP contribution in [0.1, 0.15) is 63.9 Å². The summed E-state index contributed by atoms with van der Waals surface area (Å²) in [6.07, 6.45) is 9.40. The Labute approximate surface area is 203 Å². The molecule has 9 heteroatoms. The molecule has 0 bridgehead atoms. The second-order valence-electron chi connectivity index (χ2n) is 9.93. The number of nitrogens with zero attached hydrogens (tertiary/aromatic N) is 3. The minimum atomic E-state index is -3.57. The van der Waals surface area contributed by atoms with Crippen LogP contribution in [0.25, 0.3) is 0 Å². The molecule has 0 aromatic heterocycles. The molecule has 8 nitrogen and oxygen atoms in total. The average molecular weight is 491 g/mol. The molecular weight excluding hydrogens is 452 g/mol. The molecular formula is C25H38N4O4S. The monoisotopic (exact) mass is 490 g/mol. The topological polar surface area (TPSA) is 90.0 Å². The van der Waals surface area contributed by atoms with Gasteiger partial charge in [-0.1, -0.05) is 25.7 Å². The maximum atomic E-state index is 13.1. The number of benzene rings is 1. The Balaban J connectivity index is 1.42. The fourth-order valence-corrected chi connectivity index (χ4v) is 7.19. The van der Waals surface area contributed by atoms with Crippen molar-refractivity contribution in [3.05, 3.63) is 23.8 Å². The molecule has 0 radical (unpaired) electrons. The zero-order valence-corrected chi connectivity index (χ0v) is 21.3. The van der Waals surface area contributed by atoms with Gasteiger partial charge < -0.3 is 10.2 Å². The molecule has 188 valence electrons. The number of rotatable bonds is 7. The lowest BCUT2D eigenvalue weighted by atomic mass is 9.94. The minimum Gasteiger partial charge on any atom is -0.353 e. The molecule has 0 spiro atoms. The third-order valence-corrected chi connectivity index (χ3v) is 9.49. The number of likely N-dealkylation sites (N-methyl/N-ethyl adjacent to an activating group) is 1. The first kappa shape index (κ1) is 25.1. The van der Waals surface area contributed by atoms with Crippen LogP contribution in [0.15, 0.2) is 23.1 Å². The van der Waals surface area contributed by atoms with Crippen molar-refractivity contribution in [1.29, 1.82) is 0 Å². The highest BCUT2D eigenvalue weighted by Crippen LogP contribution is 2.35. The number of nitrogens with one attached hydrogen (secondary N) is 1. The first-order valence-electron chi connectivity index (χ1n) is 12.7. The van der Waals surface area contributed by atoms with E-state index >= 15 is 0 Å². The smallest absolute Gasteiger partial charge is 0.243 e. The molecule has 1 N–H and O–H groups in total. The lowest BCUT2D eigenvalue weighted by Gasteiger charge is -2.31. The van der Waals surface area contributed by atoms with Crippen LogP contribution >= 0.6 is 0 Å². The SMILES string of the molecule is CC(=O)N1c2ccc(S(=O)(=O)N3CCCCC3)cc2C[C@@H]1C(=O)NCCN(C)C1CCCCC1. The van der Waals surface area contributed by atoms with Crippen molar-refractivity contribution >= 4 is 27.5 Å². The lowest BCUT2D eigenvalue weighted by Crippen LogP contribution is -2.49. The number of hydrogen-bond donors (Lipinski definition) is 1. The second-order valence-corrected chi connectivity index (χ2v) is 11.9. The molecule has 1 aromatic rings. The van der Waals surface area contributed by atoms with Gasteiger partial charge >= 0.3 is 0 Å². The van der Waals surface area contributed by atoms with Gasteiger partial charge in [0, 0.05) is 51.3 Å². The van der Waals surface area contributed by atoms with Gasteiger partial charge in [-0.15, -0.1) is 0 Å². The van der Waals surface area contributed by atoms with Crippen LogP contribution in [-0.4, -0.2) is 74.7 Å². The molecule has 0 unspecified atom stereocenters. The molecule has 34 heavy (non-hydrogen) atoms. The number of carbonyl (C=O) groups excluding carboxylic acids is 2. The summed E-state index contributed by atoms with van der Waals surface area (Å²) >= 11 is 0. The maximum absolute atomic E-state index is 13.1. The summed E-state index contributed by atoms with van der Waals surface area (Å²) < 4.78 is 27.8. The highest BCUT2D eigenvalue weighted by Gasteiger charge is 2.38. The van der Waals surface area contributed by atoms with E-state index in [0.29, 0.717) is 37.8 Å². The summed E-state index contributed by atoms with van der Waals surface area (Å²) in [4.78, 5) is 29.6. The molecule has 2 amide bonds. The van der Waals surface area contributed by atoms with Gasteiger partial charge in [0.1, 0.15) is 6.04 Å². The summed E-state index contributed by atoms with van der Waals surface area (Å²) in [5.74, 6) is -0.409. The summed E-state index contributed by atoms with van der Waals surface area (Å²) in [5.41, 5.74) is 1.36. The Morgan fingerprint density at radius 1 is 1.06 bits per heavy atom. The molecule has 2 aliphatic heterocycles. The number of anilines is 1. The van der Waals surface area contributed by atoms with E-state index < -0.39 is 16.1 Å². The van der Waals surface area contributed by atoms with Crippen molar-refractivity contribution < 1.29 is 18.0 Å². The summed E-state index contributed by atoms with van der Waals surface area (Å²) in [5, 5.41) is 3.01. The molecule has 4 rings (SSSR count).